The van der Waals surface area contributed by atoms with Crippen LogP contribution in [0.15, 0.2) is 24.9 Å². The standard InChI is InChI=1S/C12H12ClFN2O3/c1-2-7(19-12(15)18)3-4-9(17)8-5-6-16-11(14)10(8)13/h2,5-7H,1,3-4H2,(H2,15,18). The van der Waals surface area contributed by atoms with Crippen molar-refractivity contribution >= 4 is 23.5 Å². The van der Waals surface area contributed by atoms with Crippen LogP contribution in [0, 0.1) is 5.95 Å². The molecule has 19 heavy (non-hydrogen) atoms. The SMILES string of the molecule is C=CC(CCC(=O)c1ccnc(F)c1Cl)OC(N)=O. The number of rotatable bonds is 6. The highest BCUT2D eigenvalue weighted by molar-refractivity contribution is 6.33. The van der Waals surface area contributed by atoms with Crippen LogP contribution in [-0.2, 0) is 4.74 Å². The van der Waals surface area contributed by atoms with Crippen molar-refractivity contribution in [3.8, 4) is 0 Å². The van der Waals surface area contributed by atoms with E-state index in [1.54, 1.807) is 0 Å². The zero-order valence-electron chi connectivity index (χ0n) is 9.94. The van der Waals surface area contributed by atoms with Crippen molar-refractivity contribution in [3.63, 3.8) is 0 Å². The molecule has 0 aromatic carbocycles. The van der Waals surface area contributed by atoms with E-state index in [0.29, 0.717) is 0 Å². The Balaban J connectivity index is 2.67. The predicted molar refractivity (Wildman–Crippen MR) is 67.4 cm³/mol. The summed E-state index contributed by atoms with van der Waals surface area (Å²) in [6, 6.07) is 1.33. The lowest BCUT2D eigenvalue weighted by molar-refractivity contribution is 0.0930. The first-order valence-corrected chi connectivity index (χ1v) is 5.75. The fourth-order valence-electron chi connectivity index (χ4n) is 1.42. The number of carbonyl (C=O) groups excluding carboxylic acids is 2. The molecule has 102 valence electrons. The fourth-order valence-corrected chi connectivity index (χ4v) is 1.63. The van der Waals surface area contributed by atoms with E-state index in [0.717, 1.165) is 6.20 Å². The Morgan fingerprint density at radius 2 is 2.32 bits per heavy atom. The van der Waals surface area contributed by atoms with Gasteiger partial charge in [0.25, 0.3) is 0 Å². The molecule has 0 bridgehead atoms. The number of nitrogens with two attached hydrogens (primary N) is 1. The molecule has 2 N–H and O–H groups in total. The summed E-state index contributed by atoms with van der Waals surface area (Å²) in [5.74, 6) is -1.28. The third-order valence-corrected chi connectivity index (χ3v) is 2.69. The monoisotopic (exact) mass is 286 g/mol. The first-order valence-electron chi connectivity index (χ1n) is 5.37. The highest BCUT2D eigenvalue weighted by Crippen LogP contribution is 2.20. The number of hydrogen-bond acceptors (Lipinski definition) is 4. The maximum atomic E-state index is 13.1. The molecule has 0 aliphatic heterocycles. The van der Waals surface area contributed by atoms with E-state index in [1.165, 1.54) is 12.1 Å². The highest BCUT2D eigenvalue weighted by atomic mass is 35.5. The van der Waals surface area contributed by atoms with E-state index in [4.69, 9.17) is 17.3 Å². The smallest absolute Gasteiger partial charge is 0.405 e. The van der Waals surface area contributed by atoms with Crippen LogP contribution in [0.5, 0.6) is 0 Å². The molecule has 1 amide bonds. The Morgan fingerprint density at radius 3 is 2.89 bits per heavy atom. The Labute approximate surface area is 114 Å². The van der Waals surface area contributed by atoms with Crippen molar-refractivity contribution in [3.05, 3.63) is 41.5 Å². The van der Waals surface area contributed by atoms with Gasteiger partial charge >= 0.3 is 6.09 Å². The predicted octanol–water partition coefficient (Wildman–Crippen LogP) is 2.49. The minimum atomic E-state index is -0.953. The lowest BCUT2D eigenvalue weighted by Crippen LogP contribution is -2.21. The van der Waals surface area contributed by atoms with Gasteiger partial charge in [0.2, 0.25) is 5.95 Å². The second-order valence-electron chi connectivity index (χ2n) is 3.64. The number of nitrogens with zero attached hydrogens (tertiary/aromatic N) is 1. The van der Waals surface area contributed by atoms with Gasteiger partial charge in [-0.1, -0.05) is 24.3 Å². The zero-order chi connectivity index (χ0) is 14.4. The summed E-state index contributed by atoms with van der Waals surface area (Å²) in [6.07, 6.45) is 1.07. The summed E-state index contributed by atoms with van der Waals surface area (Å²) in [4.78, 5) is 25.7. The molecule has 1 rings (SSSR count). The molecular weight excluding hydrogens is 275 g/mol. The van der Waals surface area contributed by atoms with Gasteiger partial charge in [-0.05, 0) is 12.5 Å². The van der Waals surface area contributed by atoms with Crippen LogP contribution < -0.4 is 5.73 Å². The summed E-state index contributed by atoms with van der Waals surface area (Å²) in [7, 11) is 0. The van der Waals surface area contributed by atoms with E-state index in [1.807, 2.05) is 0 Å². The Kier molecular flexibility index (Phi) is 5.44. The molecule has 0 saturated carbocycles. The number of carbonyl (C=O) groups is 2. The second kappa shape index (κ2) is 6.84. The maximum absolute atomic E-state index is 13.1. The number of hydrogen-bond donors (Lipinski definition) is 1. The van der Waals surface area contributed by atoms with Gasteiger partial charge in [-0.15, -0.1) is 0 Å². The fraction of sp³-hybridized carbons (Fsp3) is 0.250. The average Bonchev–Trinajstić information content (AvgIpc) is 2.37. The minimum absolute atomic E-state index is 0.00708. The molecule has 0 saturated heterocycles. The molecule has 1 aromatic rings. The lowest BCUT2D eigenvalue weighted by Gasteiger charge is -2.11. The highest BCUT2D eigenvalue weighted by Gasteiger charge is 2.16. The average molecular weight is 287 g/mol. The first-order chi connectivity index (χ1) is 8.95. The quantitative estimate of drug-likeness (QED) is 0.495. The number of amides is 1. The largest absolute Gasteiger partial charge is 0.442 e. The van der Waals surface area contributed by atoms with Crippen molar-refractivity contribution in [2.75, 3.05) is 0 Å². The van der Waals surface area contributed by atoms with Gasteiger partial charge in [-0.3, -0.25) is 4.79 Å². The minimum Gasteiger partial charge on any atom is -0.442 e. The van der Waals surface area contributed by atoms with E-state index in [2.05, 4.69) is 16.3 Å². The number of halogens is 2. The molecule has 5 nitrogen and oxygen atoms in total. The van der Waals surface area contributed by atoms with Crippen LogP contribution in [0.4, 0.5) is 9.18 Å². The van der Waals surface area contributed by atoms with E-state index < -0.39 is 18.1 Å². The van der Waals surface area contributed by atoms with Gasteiger partial charge in [-0.25, -0.2) is 9.78 Å². The van der Waals surface area contributed by atoms with Crippen LogP contribution in [0.1, 0.15) is 23.2 Å². The van der Waals surface area contributed by atoms with Crippen molar-refractivity contribution in [1.82, 2.24) is 4.98 Å². The van der Waals surface area contributed by atoms with Gasteiger partial charge in [0.05, 0.1) is 0 Å². The molecule has 0 aliphatic rings. The molecule has 1 aromatic heterocycles. The van der Waals surface area contributed by atoms with E-state index >= 15 is 0 Å². The molecule has 0 spiro atoms. The van der Waals surface area contributed by atoms with Crippen LogP contribution >= 0.6 is 11.6 Å². The van der Waals surface area contributed by atoms with Crippen LogP contribution in [0.25, 0.3) is 0 Å². The lowest BCUT2D eigenvalue weighted by atomic mass is 10.1. The van der Waals surface area contributed by atoms with Crippen LogP contribution in [0.2, 0.25) is 5.02 Å². The summed E-state index contributed by atoms with van der Waals surface area (Å²) in [6.45, 7) is 3.46. The van der Waals surface area contributed by atoms with Gasteiger partial charge in [0.15, 0.2) is 5.78 Å². The van der Waals surface area contributed by atoms with E-state index in [9.17, 15) is 14.0 Å². The van der Waals surface area contributed by atoms with Crippen molar-refractivity contribution in [2.45, 2.75) is 18.9 Å². The first kappa shape index (κ1) is 15.1. The van der Waals surface area contributed by atoms with Crippen molar-refractivity contribution < 1.29 is 18.7 Å². The van der Waals surface area contributed by atoms with Crippen LogP contribution in [0.3, 0.4) is 0 Å². The Bertz CT molecular complexity index is 508. The molecule has 0 aliphatic carbocycles. The van der Waals surface area contributed by atoms with Gasteiger partial charge in [-0.2, -0.15) is 4.39 Å². The van der Waals surface area contributed by atoms with Gasteiger partial charge in [0, 0.05) is 18.2 Å². The summed E-state index contributed by atoms with van der Waals surface area (Å²) < 4.78 is 17.8. The molecule has 1 heterocycles. The molecule has 0 radical (unpaired) electrons. The summed E-state index contributed by atoms with van der Waals surface area (Å²) in [5.41, 5.74) is 4.90. The normalized spacial score (nSPS) is 11.7. The van der Waals surface area contributed by atoms with Gasteiger partial charge < -0.3 is 10.5 Å². The number of aromatic nitrogens is 1. The van der Waals surface area contributed by atoms with Crippen molar-refractivity contribution in [2.24, 2.45) is 5.73 Å². The summed E-state index contributed by atoms with van der Waals surface area (Å²) in [5, 5.41) is -0.321. The molecule has 1 atom stereocenters. The van der Waals surface area contributed by atoms with Crippen molar-refractivity contribution in [1.29, 1.82) is 0 Å². The third kappa shape index (κ3) is 4.33. The summed E-state index contributed by atoms with van der Waals surface area (Å²) >= 11 is 5.64. The number of Topliss-reactive ketones (excluding diaryl/α,β-unsaturated/α-hetero) is 1. The molecular formula is C12H12ClFN2O3. The number of ether oxygens (including phenoxy) is 1. The Morgan fingerprint density at radius 1 is 1.63 bits per heavy atom. The van der Waals surface area contributed by atoms with Gasteiger partial charge in [0.1, 0.15) is 11.1 Å². The zero-order valence-corrected chi connectivity index (χ0v) is 10.7. The maximum Gasteiger partial charge on any atom is 0.405 e. The number of primary amides is 1. The molecule has 0 fully saturated rings. The Hall–Kier alpha value is -1.95. The third-order valence-electron chi connectivity index (χ3n) is 2.33. The topological polar surface area (TPSA) is 82.3 Å². The number of pyridine rings is 1. The molecule has 7 heteroatoms. The van der Waals surface area contributed by atoms with Crippen LogP contribution in [-0.4, -0.2) is 23.0 Å². The molecule has 1 unspecified atom stereocenters. The van der Waals surface area contributed by atoms with E-state index in [-0.39, 0.29) is 29.2 Å². The second-order valence-corrected chi connectivity index (χ2v) is 4.01. The number of ketones is 1.